The fourth-order valence-electron chi connectivity index (χ4n) is 2.39. The van der Waals surface area contributed by atoms with Crippen LogP contribution in [0.15, 0.2) is 24.3 Å². The molecule has 1 aliphatic heterocycles. The number of piperidine rings is 1. The van der Waals surface area contributed by atoms with Crippen molar-refractivity contribution in [2.24, 2.45) is 5.92 Å². The molecule has 1 fully saturated rings. The zero-order valence-corrected chi connectivity index (χ0v) is 10.3. The van der Waals surface area contributed by atoms with E-state index in [0.29, 0.717) is 12.5 Å². The lowest BCUT2D eigenvalue weighted by Gasteiger charge is -2.30. The number of hydrogen-bond donors (Lipinski definition) is 1. The van der Waals surface area contributed by atoms with Crippen molar-refractivity contribution in [1.29, 1.82) is 0 Å². The summed E-state index contributed by atoms with van der Waals surface area (Å²) >= 11 is 0. The average Bonchev–Trinajstić information content (AvgIpc) is 2.40. The molecule has 0 aromatic heterocycles. The Morgan fingerprint density at radius 1 is 1.33 bits per heavy atom. The molecule has 98 valence electrons. The molecule has 0 atom stereocenters. The first-order valence-corrected chi connectivity index (χ1v) is 6.26. The summed E-state index contributed by atoms with van der Waals surface area (Å²) in [5.74, 6) is 0.395. The van der Waals surface area contributed by atoms with Crippen molar-refractivity contribution in [3.05, 3.63) is 39.9 Å². The first kappa shape index (κ1) is 13.0. The van der Waals surface area contributed by atoms with Gasteiger partial charge in [-0.3, -0.25) is 15.0 Å². The molecular weight excluding hydrogens is 232 g/mol. The minimum absolute atomic E-state index is 0.196. The van der Waals surface area contributed by atoms with E-state index in [9.17, 15) is 10.1 Å². The lowest BCUT2D eigenvalue weighted by atomic mass is 9.97. The Hall–Kier alpha value is -1.46. The molecule has 5 heteroatoms. The lowest BCUT2D eigenvalue weighted by molar-refractivity contribution is -0.385. The fraction of sp³-hybridized carbons (Fsp3) is 0.538. The van der Waals surface area contributed by atoms with Crippen molar-refractivity contribution in [3.8, 4) is 0 Å². The Morgan fingerprint density at radius 2 is 2.00 bits per heavy atom. The molecule has 5 nitrogen and oxygen atoms in total. The van der Waals surface area contributed by atoms with Crippen LogP contribution in [0.25, 0.3) is 0 Å². The van der Waals surface area contributed by atoms with E-state index in [1.165, 1.54) is 0 Å². The van der Waals surface area contributed by atoms with Gasteiger partial charge in [0.15, 0.2) is 0 Å². The van der Waals surface area contributed by atoms with E-state index < -0.39 is 0 Å². The molecule has 0 aliphatic carbocycles. The maximum atomic E-state index is 10.9. The number of hydrogen-bond acceptors (Lipinski definition) is 4. The van der Waals surface area contributed by atoms with Crippen molar-refractivity contribution in [1.82, 2.24) is 4.90 Å². The minimum atomic E-state index is -0.324. The molecule has 1 N–H and O–H groups in total. The van der Waals surface area contributed by atoms with Crippen LogP contribution in [0.3, 0.4) is 0 Å². The van der Waals surface area contributed by atoms with Crippen LogP contribution in [0.1, 0.15) is 18.4 Å². The van der Waals surface area contributed by atoms with E-state index >= 15 is 0 Å². The van der Waals surface area contributed by atoms with Gasteiger partial charge in [-0.15, -0.1) is 0 Å². The van der Waals surface area contributed by atoms with Crippen LogP contribution in [-0.4, -0.2) is 34.6 Å². The van der Waals surface area contributed by atoms with E-state index in [1.807, 2.05) is 12.1 Å². The molecule has 1 saturated heterocycles. The highest BCUT2D eigenvalue weighted by Crippen LogP contribution is 2.23. The standard InChI is InChI=1S/C13H18N2O3/c16-10-11-5-7-14(8-6-11)9-12-3-1-2-4-13(12)15(17)18/h1-4,11,16H,5-10H2. The zero-order chi connectivity index (χ0) is 13.0. The van der Waals surface area contributed by atoms with Crippen LogP contribution in [0.5, 0.6) is 0 Å². The summed E-state index contributed by atoms with van der Waals surface area (Å²) < 4.78 is 0. The Morgan fingerprint density at radius 3 is 2.61 bits per heavy atom. The Bertz CT molecular complexity index is 414. The van der Waals surface area contributed by atoms with Gasteiger partial charge < -0.3 is 5.11 Å². The first-order valence-electron chi connectivity index (χ1n) is 6.26. The number of nitro benzene ring substituents is 1. The minimum Gasteiger partial charge on any atom is -0.396 e. The molecule has 1 aromatic rings. The molecule has 18 heavy (non-hydrogen) atoms. The summed E-state index contributed by atoms with van der Waals surface area (Å²) in [6.45, 7) is 2.67. The molecule has 1 aliphatic rings. The highest BCUT2D eigenvalue weighted by molar-refractivity contribution is 5.39. The van der Waals surface area contributed by atoms with Crippen molar-refractivity contribution >= 4 is 5.69 Å². The van der Waals surface area contributed by atoms with Crippen LogP contribution >= 0.6 is 0 Å². The van der Waals surface area contributed by atoms with Gasteiger partial charge >= 0.3 is 0 Å². The number of aliphatic hydroxyl groups is 1. The normalized spacial score (nSPS) is 17.8. The van der Waals surface area contributed by atoms with Gasteiger partial charge in [0.2, 0.25) is 0 Å². The monoisotopic (exact) mass is 250 g/mol. The van der Waals surface area contributed by atoms with Crippen LogP contribution < -0.4 is 0 Å². The second-order valence-electron chi connectivity index (χ2n) is 4.79. The van der Waals surface area contributed by atoms with Crippen LogP contribution in [-0.2, 0) is 6.54 Å². The first-order chi connectivity index (χ1) is 8.70. The van der Waals surface area contributed by atoms with Gasteiger partial charge in [-0.1, -0.05) is 18.2 Å². The largest absolute Gasteiger partial charge is 0.396 e. The van der Waals surface area contributed by atoms with E-state index in [0.717, 1.165) is 31.5 Å². The molecule has 1 heterocycles. The molecule has 0 spiro atoms. The van der Waals surface area contributed by atoms with Gasteiger partial charge in [-0.25, -0.2) is 0 Å². The molecule has 0 radical (unpaired) electrons. The fourth-order valence-corrected chi connectivity index (χ4v) is 2.39. The molecule has 0 amide bonds. The number of nitro groups is 1. The maximum Gasteiger partial charge on any atom is 0.273 e. The Balaban J connectivity index is 2.00. The Labute approximate surface area is 106 Å². The summed E-state index contributed by atoms with van der Waals surface area (Å²) in [6, 6.07) is 6.90. The zero-order valence-electron chi connectivity index (χ0n) is 10.3. The van der Waals surface area contributed by atoms with Crippen molar-refractivity contribution in [2.75, 3.05) is 19.7 Å². The van der Waals surface area contributed by atoms with E-state index in [2.05, 4.69) is 4.90 Å². The molecular formula is C13H18N2O3. The quantitative estimate of drug-likeness (QED) is 0.653. The van der Waals surface area contributed by atoms with Crippen LogP contribution in [0.2, 0.25) is 0 Å². The summed E-state index contributed by atoms with van der Waals surface area (Å²) in [5, 5.41) is 20.0. The third-order valence-electron chi connectivity index (χ3n) is 3.55. The summed E-state index contributed by atoms with van der Waals surface area (Å²) in [4.78, 5) is 12.8. The van der Waals surface area contributed by atoms with E-state index in [-0.39, 0.29) is 17.2 Å². The third-order valence-corrected chi connectivity index (χ3v) is 3.55. The van der Waals surface area contributed by atoms with Crippen LogP contribution in [0.4, 0.5) is 5.69 Å². The van der Waals surface area contributed by atoms with Gasteiger partial charge in [0.1, 0.15) is 0 Å². The van der Waals surface area contributed by atoms with Crippen molar-refractivity contribution < 1.29 is 10.0 Å². The predicted octanol–water partition coefficient (Wildman–Crippen LogP) is 1.80. The summed E-state index contributed by atoms with van der Waals surface area (Å²) in [6.07, 6.45) is 1.94. The average molecular weight is 250 g/mol. The van der Waals surface area contributed by atoms with Gasteiger partial charge in [-0.05, 0) is 31.8 Å². The topological polar surface area (TPSA) is 66.6 Å². The predicted molar refractivity (Wildman–Crippen MR) is 68.2 cm³/mol. The van der Waals surface area contributed by atoms with Gasteiger partial charge in [0.25, 0.3) is 5.69 Å². The number of aliphatic hydroxyl groups excluding tert-OH is 1. The van der Waals surface area contributed by atoms with Gasteiger partial charge in [0, 0.05) is 24.8 Å². The Kier molecular flexibility index (Phi) is 4.28. The molecule has 2 rings (SSSR count). The van der Waals surface area contributed by atoms with Gasteiger partial charge in [0.05, 0.1) is 4.92 Å². The maximum absolute atomic E-state index is 10.9. The summed E-state index contributed by atoms with van der Waals surface area (Å²) in [5.41, 5.74) is 0.965. The second-order valence-corrected chi connectivity index (χ2v) is 4.79. The SMILES string of the molecule is O=[N+]([O-])c1ccccc1CN1CCC(CO)CC1. The molecule has 0 bridgehead atoms. The van der Waals surface area contributed by atoms with Crippen molar-refractivity contribution in [2.45, 2.75) is 19.4 Å². The van der Waals surface area contributed by atoms with Gasteiger partial charge in [-0.2, -0.15) is 0 Å². The van der Waals surface area contributed by atoms with Crippen LogP contribution in [0, 0.1) is 16.0 Å². The molecule has 0 unspecified atom stereocenters. The number of para-hydroxylation sites is 1. The number of likely N-dealkylation sites (tertiary alicyclic amines) is 1. The number of benzene rings is 1. The van der Waals surface area contributed by atoms with E-state index in [1.54, 1.807) is 12.1 Å². The third kappa shape index (κ3) is 3.05. The highest BCUT2D eigenvalue weighted by Gasteiger charge is 2.21. The number of nitrogens with zero attached hydrogens (tertiary/aromatic N) is 2. The number of rotatable bonds is 4. The molecule has 1 aromatic carbocycles. The summed E-state index contributed by atoms with van der Waals surface area (Å²) in [7, 11) is 0. The van der Waals surface area contributed by atoms with Crippen molar-refractivity contribution in [3.63, 3.8) is 0 Å². The lowest BCUT2D eigenvalue weighted by Crippen LogP contribution is -2.34. The second kappa shape index (κ2) is 5.93. The molecule has 0 saturated carbocycles. The van der Waals surface area contributed by atoms with E-state index in [4.69, 9.17) is 5.11 Å². The smallest absolute Gasteiger partial charge is 0.273 e. The highest BCUT2D eigenvalue weighted by atomic mass is 16.6.